The molecule has 0 atom stereocenters. The van der Waals surface area contributed by atoms with Crippen molar-refractivity contribution in [2.75, 3.05) is 0 Å². The van der Waals surface area contributed by atoms with Gasteiger partial charge in [0.05, 0.1) is 0 Å². The van der Waals surface area contributed by atoms with Crippen LogP contribution in [0.5, 0.6) is 5.75 Å². The number of nitrogens with zero attached hydrogens (tertiary/aromatic N) is 2. The summed E-state index contributed by atoms with van der Waals surface area (Å²) >= 11 is 3.45. The molecule has 0 radical (unpaired) electrons. The maximum atomic E-state index is 12.7. The summed E-state index contributed by atoms with van der Waals surface area (Å²) < 4.78 is 9.10. The molecule has 1 saturated carbocycles. The van der Waals surface area contributed by atoms with Gasteiger partial charge in [-0.2, -0.15) is 5.26 Å². The average molecular weight is 532 g/mol. The number of aryl methyl sites for hydroxylation is 1. The molecule has 0 bridgehead atoms. The zero-order valence-corrected chi connectivity index (χ0v) is 21.8. The Morgan fingerprint density at radius 3 is 2.46 bits per heavy atom. The number of benzene rings is 2. The number of nitriles is 1. The van der Waals surface area contributed by atoms with Crippen LogP contribution in [-0.4, -0.2) is 16.5 Å². The van der Waals surface area contributed by atoms with E-state index in [0.717, 1.165) is 64.1 Å². The van der Waals surface area contributed by atoms with Gasteiger partial charge in [0.1, 0.15) is 24.0 Å². The fraction of sp³-hybridized carbons (Fsp3) is 0.310. The second kappa shape index (κ2) is 11.4. The van der Waals surface area contributed by atoms with Gasteiger partial charge in [-0.05, 0) is 86.4 Å². The molecule has 3 aromatic rings. The molecule has 1 aromatic heterocycles. The maximum absolute atomic E-state index is 12.7. The Morgan fingerprint density at radius 1 is 1.11 bits per heavy atom. The highest BCUT2D eigenvalue weighted by Gasteiger charge is 2.19. The van der Waals surface area contributed by atoms with Crippen molar-refractivity contribution in [3.63, 3.8) is 0 Å². The minimum absolute atomic E-state index is 0.146. The fourth-order valence-corrected chi connectivity index (χ4v) is 4.85. The number of nitrogens with one attached hydrogen (secondary N) is 1. The van der Waals surface area contributed by atoms with Gasteiger partial charge in [0.25, 0.3) is 5.91 Å². The molecule has 2 aromatic carbocycles. The topological polar surface area (TPSA) is 67.0 Å². The van der Waals surface area contributed by atoms with E-state index in [1.54, 1.807) is 6.08 Å². The van der Waals surface area contributed by atoms with Crippen molar-refractivity contribution in [2.24, 2.45) is 0 Å². The molecule has 35 heavy (non-hydrogen) atoms. The van der Waals surface area contributed by atoms with Crippen molar-refractivity contribution in [1.29, 1.82) is 5.26 Å². The van der Waals surface area contributed by atoms with Crippen molar-refractivity contribution in [3.8, 4) is 17.5 Å². The monoisotopic (exact) mass is 531 g/mol. The molecule has 0 unspecified atom stereocenters. The predicted molar refractivity (Wildman–Crippen MR) is 142 cm³/mol. The first-order valence-electron chi connectivity index (χ1n) is 12.0. The van der Waals surface area contributed by atoms with E-state index in [9.17, 15) is 10.1 Å². The van der Waals surface area contributed by atoms with Crippen LogP contribution >= 0.6 is 15.9 Å². The minimum atomic E-state index is -0.281. The Kier molecular flexibility index (Phi) is 8.09. The molecule has 180 valence electrons. The quantitative estimate of drug-likeness (QED) is 0.269. The van der Waals surface area contributed by atoms with E-state index >= 15 is 0 Å². The summed E-state index contributed by atoms with van der Waals surface area (Å²) in [5.74, 6) is 0.516. The van der Waals surface area contributed by atoms with Gasteiger partial charge in [-0.25, -0.2) is 0 Å². The van der Waals surface area contributed by atoms with Crippen molar-refractivity contribution in [2.45, 2.75) is 58.6 Å². The Hall–Kier alpha value is -3.30. The fourth-order valence-electron chi connectivity index (χ4n) is 4.58. The van der Waals surface area contributed by atoms with Crippen LogP contribution in [0.3, 0.4) is 0 Å². The third-order valence-corrected chi connectivity index (χ3v) is 7.02. The van der Waals surface area contributed by atoms with E-state index in [2.05, 4.69) is 31.9 Å². The highest BCUT2D eigenvalue weighted by atomic mass is 79.9. The third-order valence-electron chi connectivity index (χ3n) is 6.49. The van der Waals surface area contributed by atoms with Crippen molar-refractivity contribution in [3.05, 3.63) is 87.2 Å². The van der Waals surface area contributed by atoms with Gasteiger partial charge in [0, 0.05) is 27.6 Å². The van der Waals surface area contributed by atoms with Crippen molar-refractivity contribution in [1.82, 2.24) is 9.88 Å². The number of halogens is 1. The Bertz CT molecular complexity index is 1240. The Labute approximate surface area is 215 Å². The van der Waals surface area contributed by atoms with Gasteiger partial charge >= 0.3 is 0 Å². The summed E-state index contributed by atoms with van der Waals surface area (Å²) in [4.78, 5) is 12.7. The molecule has 1 N–H and O–H groups in total. The molecular weight excluding hydrogens is 502 g/mol. The van der Waals surface area contributed by atoms with E-state index in [0.29, 0.717) is 6.61 Å². The number of hydrogen-bond donors (Lipinski definition) is 1. The van der Waals surface area contributed by atoms with E-state index < -0.39 is 0 Å². The SMILES string of the molecule is Cc1cc(/C=C(/C#N)C(=O)NC2CCCCC2)c(C)n1-c1ccc(OCc2ccc(Br)cc2)cc1. The summed E-state index contributed by atoms with van der Waals surface area (Å²) in [6.07, 6.45) is 7.16. The van der Waals surface area contributed by atoms with Gasteiger partial charge in [0.15, 0.2) is 0 Å². The second-order valence-corrected chi connectivity index (χ2v) is 9.96. The lowest BCUT2D eigenvalue weighted by Crippen LogP contribution is -2.36. The molecule has 6 heteroatoms. The lowest BCUT2D eigenvalue weighted by atomic mass is 9.95. The maximum Gasteiger partial charge on any atom is 0.262 e. The first-order chi connectivity index (χ1) is 16.9. The predicted octanol–water partition coefficient (Wildman–Crippen LogP) is 6.79. The summed E-state index contributed by atoms with van der Waals surface area (Å²) in [5, 5.41) is 12.7. The van der Waals surface area contributed by atoms with Crippen LogP contribution in [-0.2, 0) is 11.4 Å². The van der Waals surface area contributed by atoms with Gasteiger partial charge < -0.3 is 14.6 Å². The van der Waals surface area contributed by atoms with E-state index in [-0.39, 0.29) is 17.5 Å². The van der Waals surface area contributed by atoms with Gasteiger partial charge in [-0.15, -0.1) is 0 Å². The molecular formula is C29H30BrN3O2. The number of ether oxygens (including phenoxy) is 1. The molecule has 1 amide bonds. The molecule has 1 heterocycles. The van der Waals surface area contributed by atoms with Crippen LogP contribution in [0.2, 0.25) is 0 Å². The van der Waals surface area contributed by atoms with E-state index in [1.165, 1.54) is 6.42 Å². The van der Waals surface area contributed by atoms with Crippen molar-refractivity contribution < 1.29 is 9.53 Å². The van der Waals surface area contributed by atoms with Gasteiger partial charge in [-0.1, -0.05) is 47.3 Å². The van der Waals surface area contributed by atoms with Crippen LogP contribution < -0.4 is 10.1 Å². The highest BCUT2D eigenvalue weighted by Crippen LogP contribution is 2.25. The first kappa shape index (κ1) is 24.8. The summed E-state index contributed by atoms with van der Waals surface area (Å²) in [6.45, 7) is 4.53. The Balaban J connectivity index is 1.47. The summed E-state index contributed by atoms with van der Waals surface area (Å²) in [5.41, 5.74) is 5.12. The van der Waals surface area contributed by atoms with Crippen LogP contribution in [0.25, 0.3) is 11.8 Å². The molecule has 4 rings (SSSR count). The zero-order valence-electron chi connectivity index (χ0n) is 20.2. The number of hydrogen-bond acceptors (Lipinski definition) is 3. The zero-order chi connectivity index (χ0) is 24.8. The van der Waals surface area contributed by atoms with Crippen LogP contribution in [0, 0.1) is 25.2 Å². The molecule has 0 spiro atoms. The first-order valence-corrected chi connectivity index (χ1v) is 12.8. The third kappa shape index (κ3) is 6.23. The molecule has 5 nitrogen and oxygen atoms in total. The van der Waals surface area contributed by atoms with E-state index in [1.807, 2.05) is 68.4 Å². The number of rotatable bonds is 7. The van der Waals surface area contributed by atoms with E-state index in [4.69, 9.17) is 4.74 Å². The molecule has 0 saturated heterocycles. The van der Waals surface area contributed by atoms with Crippen LogP contribution in [0.15, 0.2) is 64.6 Å². The highest BCUT2D eigenvalue weighted by molar-refractivity contribution is 9.10. The number of carbonyl (C=O) groups is 1. The lowest BCUT2D eigenvalue weighted by molar-refractivity contribution is -0.117. The second-order valence-electron chi connectivity index (χ2n) is 9.05. The largest absolute Gasteiger partial charge is 0.489 e. The summed E-state index contributed by atoms with van der Waals surface area (Å²) in [7, 11) is 0. The number of aromatic nitrogens is 1. The smallest absolute Gasteiger partial charge is 0.262 e. The van der Waals surface area contributed by atoms with Crippen molar-refractivity contribution >= 4 is 27.9 Å². The minimum Gasteiger partial charge on any atom is -0.489 e. The lowest BCUT2D eigenvalue weighted by Gasteiger charge is -2.22. The standard InChI is InChI=1S/C29H30BrN3O2/c1-20-16-23(17-24(18-31)29(34)32-26-6-4-3-5-7-26)21(2)33(20)27-12-14-28(15-13-27)35-19-22-8-10-25(30)11-9-22/h8-17,26H,3-7,19H2,1-2H3,(H,32,34)/b24-17-. The molecule has 1 aliphatic carbocycles. The molecule has 1 aliphatic rings. The van der Waals surface area contributed by atoms with Gasteiger partial charge in [-0.3, -0.25) is 4.79 Å². The average Bonchev–Trinajstić information content (AvgIpc) is 3.15. The number of carbonyl (C=O) groups excluding carboxylic acids is 1. The number of amides is 1. The van der Waals surface area contributed by atoms with Crippen LogP contribution in [0.4, 0.5) is 0 Å². The summed E-state index contributed by atoms with van der Waals surface area (Å²) in [6, 6.07) is 20.3. The van der Waals surface area contributed by atoms with Gasteiger partial charge in [0.2, 0.25) is 0 Å². The molecule has 0 aliphatic heterocycles. The van der Waals surface area contributed by atoms with Crippen LogP contribution in [0.1, 0.15) is 54.6 Å². The normalized spacial score (nSPS) is 14.4. The molecule has 1 fully saturated rings. The Morgan fingerprint density at radius 2 is 1.80 bits per heavy atom.